The largest absolute Gasteiger partial charge is 0.276 e. The van der Waals surface area contributed by atoms with Crippen LogP contribution >= 0.6 is 0 Å². The number of nitro benzene ring substituents is 1. The third-order valence-corrected chi connectivity index (χ3v) is 5.09. The van der Waals surface area contributed by atoms with Crippen LogP contribution in [0.2, 0.25) is 0 Å². The Morgan fingerprint density at radius 2 is 2.09 bits per heavy atom. The lowest BCUT2D eigenvalue weighted by molar-refractivity contribution is -0.385. The SMILES string of the molecule is Cc1ccc(S(=O)(=O)N/N=C2/CCCC[C@@H]2C)cc1[N+](=O)[O-]. The zero-order chi connectivity index (χ0) is 16.3. The molecule has 1 aliphatic rings. The molecule has 1 fully saturated rings. The first kappa shape index (κ1) is 16.4. The Morgan fingerprint density at radius 3 is 2.73 bits per heavy atom. The molecule has 1 saturated carbocycles. The summed E-state index contributed by atoms with van der Waals surface area (Å²) >= 11 is 0. The smallest absolute Gasteiger partial charge is 0.258 e. The number of nitrogens with one attached hydrogen (secondary N) is 1. The number of hydrazone groups is 1. The van der Waals surface area contributed by atoms with Crippen LogP contribution in [-0.4, -0.2) is 19.1 Å². The number of nitrogens with zero attached hydrogens (tertiary/aromatic N) is 2. The molecule has 0 saturated heterocycles. The third kappa shape index (κ3) is 3.62. The van der Waals surface area contributed by atoms with E-state index in [0.717, 1.165) is 37.5 Å². The molecule has 0 aromatic heterocycles. The molecular weight excluding hydrogens is 306 g/mol. The summed E-state index contributed by atoms with van der Waals surface area (Å²) in [6, 6.07) is 3.82. The van der Waals surface area contributed by atoms with Crippen LogP contribution in [0.1, 0.15) is 38.2 Å². The van der Waals surface area contributed by atoms with Gasteiger partial charge in [0.05, 0.1) is 9.82 Å². The van der Waals surface area contributed by atoms with Gasteiger partial charge in [-0.05, 0) is 38.2 Å². The minimum absolute atomic E-state index is 0.155. The second-order valence-corrected chi connectivity index (χ2v) is 7.21. The quantitative estimate of drug-likeness (QED) is 0.679. The van der Waals surface area contributed by atoms with Crippen LogP contribution in [-0.2, 0) is 10.0 Å². The highest BCUT2D eigenvalue weighted by molar-refractivity contribution is 7.89. The highest BCUT2D eigenvalue weighted by Gasteiger charge is 2.21. The summed E-state index contributed by atoms with van der Waals surface area (Å²) < 4.78 is 24.5. The highest BCUT2D eigenvalue weighted by Crippen LogP contribution is 2.23. The average Bonchev–Trinajstić information content (AvgIpc) is 2.46. The maximum atomic E-state index is 12.2. The molecule has 8 heteroatoms. The zero-order valence-electron chi connectivity index (χ0n) is 12.6. The Balaban J connectivity index is 2.25. The summed E-state index contributed by atoms with van der Waals surface area (Å²) in [6.45, 7) is 3.58. The first-order valence-corrected chi connectivity index (χ1v) is 8.63. The Labute approximate surface area is 129 Å². The van der Waals surface area contributed by atoms with Gasteiger partial charge < -0.3 is 0 Å². The normalized spacial score (nSPS) is 20.8. The van der Waals surface area contributed by atoms with Gasteiger partial charge in [0.15, 0.2) is 0 Å². The molecule has 0 aliphatic heterocycles. The molecule has 1 aromatic carbocycles. The van der Waals surface area contributed by atoms with Crippen molar-refractivity contribution >= 4 is 21.4 Å². The van der Waals surface area contributed by atoms with Gasteiger partial charge in [-0.3, -0.25) is 10.1 Å². The molecule has 1 aromatic rings. The molecule has 2 rings (SSSR count). The number of aryl methyl sites for hydroxylation is 1. The molecule has 0 spiro atoms. The molecular formula is C14H19N3O4S. The number of hydrogen-bond donors (Lipinski definition) is 1. The lowest BCUT2D eigenvalue weighted by Crippen LogP contribution is -2.24. The minimum Gasteiger partial charge on any atom is -0.258 e. The lowest BCUT2D eigenvalue weighted by atomic mass is 9.89. The van der Waals surface area contributed by atoms with E-state index in [0.29, 0.717) is 5.56 Å². The highest BCUT2D eigenvalue weighted by atomic mass is 32.2. The van der Waals surface area contributed by atoms with Gasteiger partial charge in [0, 0.05) is 17.3 Å². The van der Waals surface area contributed by atoms with Crippen molar-refractivity contribution < 1.29 is 13.3 Å². The predicted molar refractivity (Wildman–Crippen MR) is 83.2 cm³/mol. The summed E-state index contributed by atoms with van der Waals surface area (Å²) in [7, 11) is -3.90. The summed E-state index contributed by atoms with van der Waals surface area (Å²) in [5.41, 5.74) is 1.02. The molecule has 22 heavy (non-hydrogen) atoms. The zero-order valence-corrected chi connectivity index (χ0v) is 13.4. The first-order chi connectivity index (χ1) is 10.3. The Kier molecular flexibility index (Phi) is 4.80. The van der Waals surface area contributed by atoms with E-state index in [1.54, 1.807) is 6.92 Å². The van der Waals surface area contributed by atoms with Crippen molar-refractivity contribution in [3.63, 3.8) is 0 Å². The van der Waals surface area contributed by atoms with Crippen LogP contribution in [0.25, 0.3) is 0 Å². The molecule has 0 bridgehead atoms. The fourth-order valence-electron chi connectivity index (χ4n) is 2.46. The molecule has 0 radical (unpaired) electrons. The molecule has 0 unspecified atom stereocenters. The molecule has 0 amide bonds. The molecule has 7 nitrogen and oxygen atoms in total. The van der Waals surface area contributed by atoms with E-state index in [4.69, 9.17) is 0 Å². The van der Waals surface area contributed by atoms with Crippen LogP contribution < -0.4 is 4.83 Å². The second kappa shape index (κ2) is 6.43. The van der Waals surface area contributed by atoms with Crippen molar-refractivity contribution in [2.75, 3.05) is 0 Å². The van der Waals surface area contributed by atoms with Crippen LogP contribution in [0.15, 0.2) is 28.2 Å². The standard InChI is InChI=1S/C14H19N3O4S/c1-10-5-3-4-6-13(10)15-16-22(20,21)12-8-7-11(2)14(9-12)17(18)19/h7-10,16H,3-6H2,1-2H3/b15-13-/t10-/m0/s1. The minimum atomic E-state index is -3.90. The monoisotopic (exact) mass is 325 g/mol. The molecule has 1 atom stereocenters. The van der Waals surface area contributed by atoms with E-state index in [-0.39, 0.29) is 16.5 Å². The third-order valence-electron chi connectivity index (χ3n) is 3.89. The second-order valence-electron chi connectivity index (χ2n) is 5.55. The summed E-state index contributed by atoms with van der Waals surface area (Å²) in [5.74, 6) is 0.254. The molecule has 1 N–H and O–H groups in total. The van der Waals surface area contributed by atoms with Gasteiger partial charge in [-0.25, -0.2) is 4.83 Å². The summed E-state index contributed by atoms with van der Waals surface area (Å²) in [5, 5.41) is 14.9. The van der Waals surface area contributed by atoms with Gasteiger partial charge in [0.25, 0.3) is 15.7 Å². The van der Waals surface area contributed by atoms with Crippen molar-refractivity contribution in [3.8, 4) is 0 Å². The fraction of sp³-hybridized carbons (Fsp3) is 0.500. The predicted octanol–water partition coefficient (Wildman–Crippen LogP) is 2.75. The van der Waals surface area contributed by atoms with Gasteiger partial charge in [-0.15, -0.1) is 0 Å². The number of sulfonamides is 1. The van der Waals surface area contributed by atoms with Gasteiger partial charge >= 0.3 is 0 Å². The topological polar surface area (TPSA) is 102 Å². The van der Waals surface area contributed by atoms with E-state index in [1.807, 2.05) is 6.92 Å². The lowest BCUT2D eigenvalue weighted by Gasteiger charge is -2.19. The van der Waals surface area contributed by atoms with Gasteiger partial charge in [0.2, 0.25) is 0 Å². The van der Waals surface area contributed by atoms with Crippen LogP contribution in [0.5, 0.6) is 0 Å². The fourth-order valence-corrected chi connectivity index (χ4v) is 3.32. The first-order valence-electron chi connectivity index (χ1n) is 7.14. The maximum absolute atomic E-state index is 12.2. The molecule has 1 aliphatic carbocycles. The number of rotatable bonds is 4. The average molecular weight is 325 g/mol. The molecule has 120 valence electrons. The number of benzene rings is 1. The van der Waals surface area contributed by atoms with Crippen molar-refractivity contribution in [2.45, 2.75) is 44.4 Å². The van der Waals surface area contributed by atoms with Crippen molar-refractivity contribution in [1.82, 2.24) is 4.83 Å². The van der Waals surface area contributed by atoms with E-state index >= 15 is 0 Å². The Morgan fingerprint density at radius 1 is 1.36 bits per heavy atom. The van der Waals surface area contributed by atoms with Gasteiger partial charge in [0.1, 0.15) is 0 Å². The van der Waals surface area contributed by atoms with Crippen molar-refractivity contribution in [3.05, 3.63) is 33.9 Å². The van der Waals surface area contributed by atoms with E-state index in [1.165, 1.54) is 12.1 Å². The number of hydrogen-bond acceptors (Lipinski definition) is 5. The summed E-state index contributed by atoms with van der Waals surface area (Å²) in [4.78, 5) is 12.4. The van der Waals surface area contributed by atoms with E-state index < -0.39 is 14.9 Å². The van der Waals surface area contributed by atoms with Crippen LogP contribution in [0.3, 0.4) is 0 Å². The number of nitro groups is 1. The van der Waals surface area contributed by atoms with Gasteiger partial charge in [-0.2, -0.15) is 13.5 Å². The molecule has 0 heterocycles. The van der Waals surface area contributed by atoms with E-state index in [9.17, 15) is 18.5 Å². The Hall–Kier alpha value is -1.96. The van der Waals surface area contributed by atoms with Gasteiger partial charge in [-0.1, -0.05) is 19.4 Å². The van der Waals surface area contributed by atoms with Crippen LogP contribution in [0, 0.1) is 23.0 Å². The van der Waals surface area contributed by atoms with Crippen LogP contribution in [0.4, 0.5) is 5.69 Å². The Bertz CT molecular complexity index is 713. The van der Waals surface area contributed by atoms with Crippen molar-refractivity contribution in [2.24, 2.45) is 11.0 Å². The maximum Gasteiger partial charge on any atom is 0.276 e. The van der Waals surface area contributed by atoms with E-state index in [2.05, 4.69) is 9.93 Å². The van der Waals surface area contributed by atoms with Crippen molar-refractivity contribution in [1.29, 1.82) is 0 Å². The summed E-state index contributed by atoms with van der Waals surface area (Å²) in [6.07, 6.45) is 3.90.